The topological polar surface area (TPSA) is 12.0 Å². The summed E-state index contributed by atoms with van der Waals surface area (Å²) in [6.07, 6.45) is 3.36. The summed E-state index contributed by atoms with van der Waals surface area (Å²) in [5, 5.41) is 3.66. The summed E-state index contributed by atoms with van der Waals surface area (Å²) in [5.74, 6) is 0. The Kier molecular flexibility index (Phi) is 6.81. The van der Waals surface area contributed by atoms with E-state index in [1.165, 1.54) is 26.7 Å². The average Bonchev–Trinajstić information content (AvgIpc) is 2.35. The van der Waals surface area contributed by atoms with E-state index < -0.39 is 0 Å². The van der Waals surface area contributed by atoms with E-state index in [1.54, 1.807) is 0 Å². The molecule has 1 aromatic rings. The highest BCUT2D eigenvalue weighted by Crippen LogP contribution is 2.28. The molecule has 0 aliphatic rings. The number of nitrogens with one attached hydrogen (secondary N) is 1. The molecule has 0 bridgehead atoms. The van der Waals surface area contributed by atoms with Gasteiger partial charge in [-0.15, -0.1) is 6.58 Å². The van der Waals surface area contributed by atoms with Crippen molar-refractivity contribution < 1.29 is 0 Å². The second-order valence-corrected chi connectivity index (χ2v) is 6.26. The van der Waals surface area contributed by atoms with Crippen molar-refractivity contribution in [3.63, 3.8) is 0 Å². The maximum absolute atomic E-state index is 4.01. The van der Waals surface area contributed by atoms with Crippen LogP contribution in [0.3, 0.4) is 0 Å². The van der Waals surface area contributed by atoms with Crippen LogP contribution in [0.15, 0.2) is 28.8 Å². The minimum atomic E-state index is 0.433. The number of allylic oxidation sites excluding steroid dienone is 1. The first-order valence-electron chi connectivity index (χ1n) is 7.10. The van der Waals surface area contributed by atoms with Crippen molar-refractivity contribution >= 4 is 15.9 Å². The minimum Gasteiger partial charge on any atom is -0.310 e. The van der Waals surface area contributed by atoms with Crippen LogP contribution in [-0.4, -0.2) is 6.54 Å². The number of hydrogen-bond donors (Lipinski definition) is 1. The van der Waals surface area contributed by atoms with Crippen LogP contribution in [0.5, 0.6) is 0 Å². The molecular formula is C17H26BrN. The van der Waals surface area contributed by atoms with Gasteiger partial charge in [0.25, 0.3) is 0 Å². The van der Waals surface area contributed by atoms with Crippen molar-refractivity contribution in [2.75, 3.05) is 6.54 Å². The molecule has 1 rings (SSSR count). The highest BCUT2D eigenvalue weighted by Gasteiger charge is 2.13. The predicted octanol–water partition coefficient (Wildman–Crippen LogP) is 5.46. The van der Waals surface area contributed by atoms with E-state index >= 15 is 0 Å². The zero-order chi connectivity index (χ0) is 14.4. The highest BCUT2D eigenvalue weighted by atomic mass is 79.9. The second kappa shape index (κ2) is 7.86. The van der Waals surface area contributed by atoms with Crippen LogP contribution in [0.25, 0.3) is 0 Å². The summed E-state index contributed by atoms with van der Waals surface area (Å²) in [7, 11) is 0. The van der Waals surface area contributed by atoms with E-state index in [0.29, 0.717) is 6.04 Å². The SMILES string of the molecule is C=C(C)CCC(NCCC)c1cc(C)c(Br)c(C)c1. The van der Waals surface area contributed by atoms with Gasteiger partial charge in [0.1, 0.15) is 0 Å². The standard InChI is InChI=1S/C17H26BrN/c1-6-9-19-16(8-7-12(2)3)15-10-13(4)17(18)14(5)11-15/h10-11,16,19H,2,6-9H2,1,3-5H3. The van der Waals surface area contributed by atoms with Crippen LogP contribution >= 0.6 is 15.9 Å². The van der Waals surface area contributed by atoms with Crippen molar-refractivity contribution in [1.29, 1.82) is 0 Å². The molecule has 106 valence electrons. The van der Waals surface area contributed by atoms with E-state index in [2.05, 4.69) is 67.7 Å². The van der Waals surface area contributed by atoms with Crippen LogP contribution in [0.2, 0.25) is 0 Å². The number of halogens is 1. The third-order valence-corrected chi connectivity index (χ3v) is 4.61. The number of rotatable bonds is 7. The van der Waals surface area contributed by atoms with Gasteiger partial charge in [0, 0.05) is 10.5 Å². The van der Waals surface area contributed by atoms with E-state index in [1.807, 2.05) is 0 Å². The fourth-order valence-electron chi connectivity index (χ4n) is 2.28. The van der Waals surface area contributed by atoms with Crippen molar-refractivity contribution in [2.24, 2.45) is 0 Å². The smallest absolute Gasteiger partial charge is 0.0323 e. The lowest BCUT2D eigenvalue weighted by Gasteiger charge is -2.21. The summed E-state index contributed by atoms with van der Waals surface area (Å²) < 4.78 is 1.23. The largest absolute Gasteiger partial charge is 0.310 e. The Morgan fingerprint density at radius 3 is 2.37 bits per heavy atom. The summed E-state index contributed by atoms with van der Waals surface area (Å²) in [4.78, 5) is 0. The van der Waals surface area contributed by atoms with Gasteiger partial charge in [-0.3, -0.25) is 0 Å². The molecule has 1 nitrogen and oxygen atoms in total. The Morgan fingerprint density at radius 1 is 1.32 bits per heavy atom. The quantitative estimate of drug-likeness (QED) is 0.656. The Bertz CT molecular complexity index is 414. The molecule has 0 saturated heterocycles. The van der Waals surface area contributed by atoms with Gasteiger partial charge in [0.2, 0.25) is 0 Å². The van der Waals surface area contributed by atoms with Gasteiger partial charge in [-0.1, -0.05) is 40.6 Å². The number of benzene rings is 1. The lowest BCUT2D eigenvalue weighted by Crippen LogP contribution is -2.22. The molecule has 2 heteroatoms. The molecule has 0 spiro atoms. The van der Waals surface area contributed by atoms with Crippen LogP contribution in [-0.2, 0) is 0 Å². The van der Waals surface area contributed by atoms with Gasteiger partial charge >= 0.3 is 0 Å². The minimum absolute atomic E-state index is 0.433. The summed E-state index contributed by atoms with van der Waals surface area (Å²) in [6.45, 7) is 13.7. The first-order chi connectivity index (χ1) is 8.95. The Labute approximate surface area is 126 Å². The van der Waals surface area contributed by atoms with Gasteiger partial charge in [-0.25, -0.2) is 0 Å². The van der Waals surface area contributed by atoms with Crippen LogP contribution in [0.4, 0.5) is 0 Å². The van der Waals surface area contributed by atoms with Crippen molar-refractivity contribution in [1.82, 2.24) is 5.32 Å². The fourth-order valence-corrected chi connectivity index (χ4v) is 2.51. The zero-order valence-corrected chi connectivity index (χ0v) is 14.2. The molecule has 1 N–H and O–H groups in total. The van der Waals surface area contributed by atoms with Gasteiger partial charge in [-0.2, -0.15) is 0 Å². The van der Waals surface area contributed by atoms with Crippen molar-refractivity contribution in [3.05, 3.63) is 45.4 Å². The molecule has 1 atom stereocenters. The monoisotopic (exact) mass is 323 g/mol. The normalized spacial score (nSPS) is 12.5. The van der Waals surface area contributed by atoms with Gasteiger partial charge in [0.15, 0.2) is 0 Å². The maximum Gasteiger partial charge on any atom is 0.0323 e. The van der Waals surface area contributed by atoms with E-state index in [4.69, 9.17) is 0 Å². The first-order valence-corrected chi connectivity index (χ1v) is 7.89. The predicted molar refractivity (Wildman–Crippen MR) is 88.7 cm³/mol. The third kappa shape index (κ3) is 5.12. The Balaban J connectivity index is 2.92. The molecule has 19 heavy (non-hydrogen) atoms. The lowest BCUT2D eigenvalue weighted by atomic mass is 9.96. The maximum atomic E-state index is 4.01. The summed E-state index contributed by atoms with van der Waals surface area (Å²) >= 11 is 3.64. The average molecular weight is 324 g/mol. The van der Waals surface area contributed by atoms with E-state index in [9.17, 15) is 0 Å². The number of hydrogen-bond acceptors (Lipinski definition) is 1. The van der Waals surface area contributed by atoms with Gasteiger partial charge < -0.3 is 5.32 Å². The summed E-state index contributed by atoms with van der Waals surface area (Å²) in [6, 6.07) is 5.02. The molecule has 1 unspecified atom stereocenters. The van der Waals surface area contributed by atoms with E-state index in [-0.39, 0.29) is 0 Å². The van der Waals surface area contributed by atoms with Gasteiger partial charge in [0.05, 0.1) is 0 Å². The number of aryl methyl sites for hydroxylation is 2. The highest BCUT2D eigenvalue weighted by molar-refractivity contribution is 9.10. The third-order valence-electron chi connectivity index (χ3n) is 3.36. The molecule has 0 fully saturated rings. The summed E-state index contributed by atoms with van der Waals surface area (Å²) in [5.41, 5.74) is 5.28. The van der Waals surface area contributed by atoms with Crippen LogP contribution in [0, 0.1) is 13.8 Å². The Morgan fingerprint density at radius 2 is 1.89 bits per heavy atom. The van der Waals surface area contributed by atoms with Gasteiger partial charge in [-0.05, 0) is 63.3 Å². The van der Waals surface area contributed by atoms with Crippen LogP contribution in [0.1, 0.15) is 55.8 Å². The first kappa shape index (κ1) is 16.5. The van der Waals surface area contributed by atoms with Crippen molar-refractivity contribution in [3.8, 4) is 0 Å². The molecule has 0 amide bonds. The molecule has 0 radical (unpaired) electrons. The van der Waals surface area contributed by atoms with E-state index in [0.717, 1.165) is 25.8 Å². The molecule has 0 aromatic heterocycles. The zero-order valence-electron chi connectivity index (χ0n) is 12.6. The lowest BCUT2D eigenvalue weighted by molar-refractivity contribution is 0.498. The molecule has 0 aliphatic heterocycles. The second-order valence-electron chi connectivity index (χ2n) is 5.47. The van der Waals surface area contributed by atoms with Crippen LogP contribution < -0.4 is 5.32 Å². The molecule has 1 aromatic carbocycles. The molecule has 0 aliphatic carbocycles. The fraction of sp³-hybridized carbons (Fsp3) is 0.529. The Hall–Kier alpha value is -0.600. The molecule has 0 heterocycles. The van der Waals surface area contributed by atoms with Crippen molar-refractivity contribution in [2.45, 2.75) is 53.0 Å². The molecule has 0 saturated carbocycles. The molecular weight excluding hydrogens is 298 g/mol.